The van der Waals surface area contributed by atoms with Crippen molar-refractivity contribution in [2.24, 2.45) is 0 Å². The van der Waals surface area contributed by atoms with E-state index in [4.69, 9.17) is 16.3 Å². The number of carbonyl (C=O) groups is 1. The highest BCUT2D eigenvalue weighted by Crippen LogP contribution is 2.30. The number of nitrogens with one attached hydrogen (secondary N) is 1. The molecule has 0 atom stereocenters. The molecule has 2 aromatic carbocycles. The van der Waals surface area contributed by atoms with Gasteiger partial charge in [-0.2, -0.15) is 5.10 Å². The van der Waals surface area contributed by atoms with Gasteiger partial charge in [0, 0.05) is 12.7 Å². The first kappa shape index (κ1) is 20.8. The maximum Gasteiger partial charge on any atom is 0.254 e. The van der Waals surface area contributed by atoms with E-state index in [0.717, 1.165) is 11.3 Å². The summed E-state index contributed by atoms with van der Waals surface area (Å²) >= 11 is 6.57. The molecule has 0 radical (unpaired) electrons. The van der Waals surface area contributed by atoms with Crippen molar-refractivity contribution in [2.45, 2.75) is 13.3 Å². The molecule has 1 amide bonds. The summed E-state index contributed by atoms with van der Waals surface area (Å²) in [6, 6.07) is 13.6. The maximum absolute atomic E-state index is 13.3. The number of aryl methyl sites for hydroxylation is 1. The molecule has 1 N–H and O–H groups in total. The van der Waals surface area contributed by atoms with Crippen LogP contribution in [0.25, 0.3) is 16.7 Å². The van der Waals surface area contributed by atoms with Gasteiger partial charge in [-0.1, -0.05) is 23.7 Å². The predicted molar refractivity (Wildman–Crippen MR) is 118 cm³/mol. The lowest BCUT2D eigenvalue weighted by atomic mass is 10.1. The second-order valence-electron chi connectivity index (χ2n) is 7.01. The van der Waals surface area contributed by atoms with Crippen molar-refractivity contribution in [1.29, 1.82) is 0 Å². The van der Waals surface area contributed by atoms with E-state index in [9.17, 15) is 9.18 Å². The number of halogens is 2. The molecule has 0 aliphatic heterocycles. The summed E-state index contributed by atoms with van der Waals surface area (Å²) in [5.41, 5.74) is 3.15. The van der Waals surface area contributed by atoms with Crippen LogP contribution in [0.1, 0.15) is 21.6 Å². The second kappa shape index (κ2) is 8.73. The average Bonchev–Trinajstić information content (AvgIpc) is 3.12. The van der Waals surface area contributed by atoms with Gasteiger partial charge < -0.3 is 10.1 Å². The number of pyridine rings is 1. The van der Waals surface area contributed by atoms with Gasteiger partial charge in [0.05, 0.1) is 34.5 Å². The van der Waals surface area contributed by atoms with Gasteiger partial charge in [0.15, 0.2) is 5.65 Å². The Morgan fingerprint density at radius 2 is 1.87 bits per heavy atom. The molecular weight excluding hydrogens is 419 g/mol. The van der Waals surface area contributed by atoms with Crippen LogP contribution in [0.5, 0.6) is 5.75 Å². The zero-order chi connectivity index (χ0) is 22.0. The summed E-state index contributed by atoms with van der Waals surface area (Å²) in [6.07, 6.45) is 2.11. The Bertz CT molecular complexity index is 1240. The van der Waals surface area contributed by atoms with E-state index in [2.05, 4.69) is 15.4 Å². The number of aromatic nitrogens is 3. The van der Waals surface area contributed by atoms with Crippen LogP contribution in [0.4, 0.5) is 4.39 Å². The van der Waals surface area contributed by atoms with Gasteiger partial charge in [0.25, 0.3) is 5.91 Å². The van der Waals surface area contributed by atoms with Crippen molar-refractivity contribution in [1.82, 2.24) is 20.1 Å². The number of amides is 1. The molecule has 8 heteroatoms. The first-order valence-corrected chi connectivity index (χ1v) is 10.1. The van der Waals surface area contributed by atoms with Crippen LogP contribution >= 0.6 is 11.6 Å². The van der Waals surface area contributed by atoms with E-state index in [1.165, 1.54) is 18.3 Å². The maximum atomic E-state index is 13.3. The lowest BCUT2D eigenvalue weighted by Gasteiger charge is -2.08. The van der Waals surface area contributed by atoms with E-state index >= 15 is 0 Å². The Hall–Kier alpha value is -3.45. The largest absolute Gasteiger partial charge is 0.497 e. The molecule has 31 heavy (non-hydrogen) atoms. The van der Waals surface area contributed by atoms with Crippen molar-refractivity contribution in [3.8, 4) is 11.4 Å². The fraction of sp³-hybridized carbons (Fsp3) is 0.174. The molecule has 0 saturated carbocycles. The minimum absolute atomic E-state index is 0.283. The van der Waals surface area contributed by atoms with Crippen molar-refractivity contribution in [3.63, 3.8) is 0 Å². The Morgan fingerprint density at radius 3 is 2.55 bits per heavy atom. The molecule has 2 heterocycles. The number of rotatable bonds is 6. The molecule has 4 aromatic rings. The molecule has 158 valence electrons. The van der Waals surface area contributed by atoms with Crippen LogP contribution in [0.2, 0.25) is 5.02 Å². The summed E-state index contributed by atoms with van der Waals surface area (Å²) in [4.78, 5) is 17.1. The first-order valence-electron chi connectivity index (χ1n) is 9.69. The summed E-state index contributed by atoms with van der Waals surface area (Å²) in [5.74, 6) is 0.147. The van der Waals surface area contributed by atoms with E-state index in [1.807, 2.05) is 24.3 Å². The topological polar surface area (TPSA) is 69.0 Å². The van der Waals surface area contributed by atoms with Crippen LogP contribution in [0, 0.1) is 12.7 Å². The second-order valence-corrected chi connectivity index (χ2v) is 7.39. The van der Waals surface area contributed by atoms with Crippen LogP contribution < -0.4 is 10.1 Å². The highest BCUT2D eigenvalue weighted by Gasteiger charge is 2.20. The highest BCUT2D eigenvalue weighted by molar-refractivity contribution is 6.38. The number of hydrogen-bond donors (Lipinski definition) is 1. The Labute approximate surface area is 183 Å². The first-order chi connectivity index (χ1) is 15.0. The molecule has 0 saturated heterocycles. The number of nitrogens with zero attached hydrogens (tertiary/aromatic N) is 3. The lowest BCUT2D eigenvalue weighted by Crippen LogP contribution is -2.26. The van der Waals surface area contributed by atoms with Gasteiger partial charge in [0.1, 0.15) is 11.6 Å². The number of ether oxygens (including phenoxy) is 1. The van der Waals surface area contributed by atoms with Crippen LogP contribution in [0.3, 0.4) is 0 Å². The van der Waals surface area contributed by atoms with Crippen molar-refractivity contribution in [3.05, 3.63) is 82.4 Å². The van der Waals surface area contributed by atoms with E-state index in [0.29, 0.717) is 35.4 Å². The molecule has 0 aliphatic rings. The third-order valence-electron chi connectivity index (χ3n) is 4.98. The zero-order valence-electron chi connectivity index (χ0n) is 17.0. The number of carbonyl (C=O) groups excluding carboxylic acids is 1. The van der Waals surface area contributed by atoms with Gasteiger partial charge in [-0.05, 0) is 55.3 Å². The van der Waals surface area contributed by atoms with Crippen LogP contribution in [-0.4, -0.2) is 34.3 Å². The van der Waals surface area contributed by atoms with Gasteiger partial charge >= 0.3 is 0 Å². The lowest BCUT2D eigenvalue weighted by molar-refractivity contribution is 0.0954. The monoisotopic (exact) mass is 438 g/mol. The molecule has 0 unspecified atom stereocenters. The van der Waals surface area contributed by atoms with Gasteiger partial charge in [-0.15, -0.1) is 0 Å². The Balaban J connectivity index is 1.53. The molecule has 0 fully saturated rings. The van der Waals surface area contributed by atoms with Crippen LogP contribution in [0.15, 0.2) is 54.7 Å². The standard InChI is InChI=1S/C23H20ClFN4O2/c1-14-20-21(24)19(23(30)26-12-11-15-3-9-18(31-2)10-4-15)13-27-22(20)29(28-14)17-7-5-16(25)6-8-17/h3-10,13H,11-12H2,1-2H3,(H,26,30). The smallest absolute Gasteiger partial charge is 0.254 e. The molecule has 0 spiro atoms. The number of fused-ring (bicyclic) bond motifs is 1. The molecule has 4 rings (SSSR count). The number of hydrogen-bond acceptors (Lipinski definition) is 4. The minimum atomic E-state index is -0.337. The van der Waals surface area contributed by atoms with E-state index in [-0.39, 0.29) is 22.3 Å². The Morgan fingerprint density at radius 1 is 1.16 bits per heavy atom. The summed E-state index contributed by atoms with van der Waals surface area (Å²) in [6.45, 7) is 2.24. The molecule has 6 nitrogen and oxygen atoms in total. The zero-order valence-corrected chi connectivity index (χ0v) is 17.8. The molecule has 0 bridgehead atoms. The molecule has 0 aliphatic carbocycles. The van der Waals surface area contributed by atoms with E-state index < -0.39 is 0 Å². The quantitative estimate of drug-likeness (QED) is 0.481. The van der Waals surface area contributed by atoms with Gasteiger partial charge in [-0.25, -0.2) is 14.1 Å². The number of methoxy groups -OCH3 is 1. The molecular formula is C23H20ClFN4O2. The summed E-state index contributed by atoms with van der Waals surface area (Å²) in [5, 5.41) is 8.24. The SMILES string of the molecule is COc1ccc(CCNC(=O)c2cnc3c(c(C)nn3-c3ccc(F)cc3)c2Cl)cc1. The fourth-order valence-corrected chi connectivity index (χ4v) is 3.69. The number of benzene rings is 2. The normalized spacial score (nSPS) is 11.0. The summed E-state index contributed by atoms with van der Waals surface area (Å²) in [7, 11) is 1.62. The Kier molecular flexibility index (Phi) is 5.86. The third-order valence-corrected chi connectivity index (χ3v) is 5.37. The van der Waals surface area contributed by atoms with E-state index in [1.54, 1.807) is 30.8 Å². The van der Waals surface area contributed by atoms with Gasteiger partial charge in [0.2, 0.25) is 0 Å². The summed E-state index contributed by atoms with van der Waals surface area (Å²) < 4.78 is 20.0. The minimum Gasteiger partial charge on any atom is -0.497 e. The van der Waals surface area contributed by atoms with Gasteiger partial charge in [-0.3, -0.25) is 4.79 Å². The highest BCUT2D eigenvalue weighted by atomic mass is 35.5. The van der Waals surface area contributed by atoms with Crippen molar-refractivity contribution in [2.75, 3.05) is 13.7 Å². The average molecular weight is 439 g/mol. The molecule has 2 aromatic heterocycles. The van der Waals surface area contributed by atoms with Crippen LogP contribution in [-0.2, 0) is 6.42 Å². The predicted octanol–water partition coefficient (Wildman–Crippen LogP) is 4.50. The van der Waals surface area contributed by atoms with Crippen molar-refractivity contribution < 1.29 is 13.9 Å². The fourth-order valence-electron chi connectivity index (χ4n) is 3.34. The van der Waals surface area contributed by atoms with Crippen molar-refractivity contribution >= 4 is 28.5 Å². The third kappa shape index (κ3) is 4.22.